The number of nitrogens with one attached hydrogen (secondary N) is 1. The summed E-state index contributed by atoms with van der Waals surface area (Å²) in [5, 5.41) is 18.2. The van der Waals surface area contributed by atoms with Gasteiger partial charge < -0.3 is 14.9 Å². The SMILES string of the molecule is COC(=O)NS(=O)(=O)N1CC(O)C(O)C1. The average molecular weight is 240 g/mol. The molecule has 9 heteroatoms. The summed E-state index contributed by atoms with van der Waals surface area (Å²) < 4.78 is 29.3. The van der Waals surface area contributed by atoms with Gasteiger partial charge in [0.15, 0.2) is 0 Å². The van der Waals surface area contributed by atoms with E-state index in [1.807, 2.05) is 0 Å². The highest BCUT2D eigenvalue weighted by Gasteiger charge is 2.37. The zero-order valence-corrected chi connectivity index (χ0v) is 8.77. The summed E-state index contributed by atoms with van der Waals surface area (Å²) in [6.07, 6.45) is -3.40. The molecule has 88 valence electrons. The highest BCUT2D eigenvalue weighted by Crippen LogP contribution is 2.13. The normalized spacial score (nSPS) is 27.7. The van der Waals surface area contributed by atoms with Gasteiger partial charge in [0, 0.05) is 13.1 Å². The zero-order chi connectivity index (χ0) is 11.6. The van der Waals surface area contributed by atoms with Crippen LogP contribution in [-0.4, -0.2) is 61.4 Å². The fourth-order valence-electron chi connectivity index (χ4n) is 1.14. The molecule has 0 aromatic carbocycles. The van der Waals surface area contributed by atoms with Crippen molar-refractivity contribution in [1.82, 2.24) is 9.03 Å². The summed E-state index contributed by atoms with van der Waals surface area (Å²) in [7, 11) is -3.02. The number of ether oxygens (including phenoxy) is 1. The Balaban J connectivity index is 2.68. The topological polar surface area (TPSA) is 116 Å². The van der Waals surface area contributed by atoms with Crippen LogP contribution in [0.3, 0.4) is 0 Å². The first-order valence-electron chi connectivity index (χ1n) is 4.09. The third-order valence-electron chi connectivity index (χ3n) is 1.96. The van der Waals surface area contributed by atoms with Crippen molar-refractivity contribution in [3.05, 3.63) is 0 Å². The van der Waals surface area contributed by atoms with E-state index in [0.29, 0.717) is 0 Å². The monoisotopic (exact) mass is 240 g/mol. The van der Waals surface area contributed by atoms with Crippen LogP contribution in [0.1, 0.15) is 0 Å². The summed E-state index contributed by atoms with van der Waals surface area (Å²) in [6.45, 7) is -0.513. The number of methoxy groups -OCH3 is 1. The van der Waals surface area contributed by atoms with Crippen molar-refractivity contribution in [2.75, 3.05) is 20.2 Å². The van der Waals surface area contributed by atoms with E-state index < -0.39 is 28.5 Å². The van der Waals surface area contributed by atoms with Crippen LogP contribution in [0.4, 0.5) is 4.79 Å². The van der Waals surface area contributed by atoms with Crippen molar-refractivity contribution < 1.29 is 28.2 Å². The number of carbonyl (C=O) groups excluding carboxylic acids is 1. The maximum atomic E-state index is 11.4. The van der Waals surface area contributed by atoms with E-state index in [4.69, 9.17) is 10.2 Å². The molecular weight excluding hydrogens is 228 g/mol. The summed E-state index contributed by atoms with van der Waals surface area (Å²) in [5.74, 6) is 0. The molecule has 1 fully saturated rings. The first-order valence-corrected chi connectivity index (χ1v) is 5.53. The second-order valence-corrected chi connectivity index (χ2v) is 4.72. The molecule has 1 saturated heterocycles. The highest BCUT2D eigenvalue weighted by atomic mass is 32.2. The smallest absolute Gasteiger partial charge is 0.421 e. The highest BCUT2D eigenvalue weighted by molar-refractivity contribution is 7.87. The van der Waals surface area contributed by atoms with Crippen molar-refractivity contribution >= 4 is 16.3 Å². The van der Waals surface area contributed by atoms with E-state index in [1.165, 1.54) is 0 Å². The van der Waals surface area contributed by atoms with Gasteiger partial charge in [0.2, 0.25) is 0 Å². The van der Waals surface area contributed by atoms with Gasteiger partial charge in [-0.05, 0) is 0 Å². The fraction of sp³-hybridized carbons (Fsp3) is 0.833. The lowest BCUT2D eigenvalue weighted by molar-refractivity contribution is 0.0572. The van der Waals surface area contributed by atoms with Gasteiger partial charge in [-0.1, -0.05) is 0 Å². The van der Waals surface area contributed by atoms with Crippen molar-refractivity contribution in [3.63, 3.8) is 0 Å². The number of hydrogen-bond acceptors (Lipinski definition) is 6. The lowest BCUT2D eigenvalue weighted by Crippen LogP contribution is -2.42. The van der Waals surface area contributed by atoms with Crippen LogP contribution in [0.15, 0.2) is 0 Å². The maximum absolute atomic E-state index is 11.4. The molecule has 1 aliphatic heterocycles. The molecule has 2 unspecified atom stereocenters. The van der Waals surface area contributed by atoms with Gasteiger partial charge in [-0.15, -0.1) is 0 Å². The molecule has 0 aliphatic carbocycles. The van der Waals surface area contributed by atoms with Crippen LogP contribution < -0.4 is 4.72 Å². The Morgan fingerprint density at radius 3 is 2.27 bits per heavy atom. The van der Waals surface area contributed by atoms with E-state index in [2.05, 4.69) is 4.74 Å². The van der Waals surface area contributed by atoms with Crippen LogP contribution in [0, 0.1) is 0 Å². The molecule has 0 spiro atoms. The number of aliphatic hydroxyl groups excluding tert-OH is 2. The molecule has 0 radical (unpaired) electrons. The molecule has 2 atom stereocenters. The minimum atomic E-state index is -4.05. The Morgan fingerprint density at radius 1 is 1.40 bits per heavy atom. The number of amides is 1. The van der Waals surface area contributed by atoms with Crippen LogP contribution in [0.2, 0.25) is 0 Å². The predicted octanol–water partition coefficient (Wildman–Crippen LogP) is -2.38. The van der Waals surface area contributed by atoms with Gasteiger partial charge in [-0.25, -0.2) is 9.52 Å². The Morgan fingerprint density at radius 2 is 1.87 bits per heavy atom. The van der Waals surface area contributed by atoms with Gasteiger partial charge >= 0.3 is 16.3 Å². The standard InChI is InChI=1S/C6H12N2O6S/c1-14-6(11)7-15(12,13)8-2-4(9)5(10)3-8/h4-5,9-10H,2-3H2,1H3,(H,7,11). The quantitative estimate of drug-likeness (QED) is 0.496. The fourth-order valence-corrected chi connectivity index (χ4v) is 2.26. The summed E-state index contributed by atoms with van der Waals surface area (Å²) in [4.78, 5) is 10.7. The summed E-state index contributed by atoms with van der Waals surface area (Å²) >= 11 is 0. The Kier molecular flexibility index (Phi) is 3.50. The number of hydrogen-bond donors (Lipinski definition) is 3. The van der Waals surface area contributed by atoms with Crippen molar-refractivity contribution in [1.29, 1.82) is 0 Å². The maximum Gasteiger partial charge on any atom is 0.421 e. The summed E-state index contributed by atoms with van der Waals surface area (Å²) in [6, 6.07) is 0. The minimum absolute atomic E-state index is 0.256. The van der Waals surface area contributed by atoms with Crippen LogP contribution in [0.5, 0.6) is 0 Å². The Hall–Kier alpha value is -0.900. The largest absolute Gasteiger partial charge is 0.452 e. The van der Waals surface area contributed by atoms with Crippen molar-refractivity contribution in [2.45, 2.75) is 12.2 Å². The third-order valence-corrected chi connectivity index (χ3v) is 3.37. The molecule has 15 heavy (non-hydrogen) atoms. The molecule has 1 rings (SSSR count). The molecule has 3 N–H and O–H groups in total. The van der Waals surface area contributed by atoms with Crippen molar-refractivity contribution in [2.24, 2.45) is 0 Å². The summed E-state index contributed by atoms with van der Waals surface area (Å²) in [5.41, 5.74) is 0. The van der Waals surface area contributed by atoms with E-state index in [0.717, 1.165) is 11.4 Å². The van der Waals surface area contributed by atoms with Crippen LogP contribution in [0.25, 0.3) is 0 Å². The molecule has 0 aromatic rings. The van der Waals surface area contributed by atoms with E-state index in [9.17, 15) is 13.2 Å². The van der Waals surface area contributed by atoms with E-state index >= 15 is 0 Å². The Labute approximate surface area is 86.6 Å². The number of β-amino-alcohol motifs (C(OH)–C–C–N with tert-alkyl or cyclic N) is 2. The molecule has 0 aromatic heterocycles. The number of nitrogens with zero attached hydrogens (tertiary/aromatic N) is 1. The first-order chi connectivity index (χ1) is 6.86. The molecule has 0 saturated carbocycles. The van der Waals surface area contributed by atoms with Gasteiger partial charge in [0.25, 0.3) is 0 Å². The van der Waals surface area contributed by atoms with Crippen LogP contribution in [-0.2, 0) is 14.9 Å². The molecule has 0 bridgehead atoms. The van der Waals surface area contributed by atoms with Gasteiger partial charge in [0.05, 0.1) is 19.3 Å². The molecule has 8 nitrogen and oxygen atoms in total. The number of rotatable bonds is 2. The predicted molar refractivity (Wildman–Crippen MR) is 48.0 cm³/mol. The lowest BCUT2D eigenvalue weighted by atomic mass is 10.3. The second-order valence-electron chi connectivity index (χ2n) is 3.05. The average Bonchev–Trinajstić information content (AvgIpc) is 2.47. The lowest BCUT2D eigenvalue weighted by Gasteiger charge is -2.14. The Bertz CT molecular complexity index is 332. The molecule has 1 aliphatic rings. The first kappa shape index (κ1) is 12.2. The zero-order valence-electron chi connectivity index (χ0n) is 7.95. The third kappa shape index (κ3) is 2.78. The molecule has 1 amide bonds. The van der Waals surface area contributed by atoms with E-state index in [1.54, 1.807) is 4.72 Å². The van der Waals surface area contributed by atoms with E-state index in [-0.39, 0.29) is 13.1 Å². The second kappa shape index (κ2) is 4.31. The van der Waals surface area contributed by atoms with Crippen molar-refractivity contribution in [3.8, 4) is 0 Å². The number of carbonyl (C=O) groups is 1. The molecular formula is C6H12N2O6S. The van der Waals surface area contributed by atoms with Gasteiger partial charge in [0.1, 0.15) is 0 Å². The number of aliphatic hydroxyl groups is 2. The van der Waals surface area contributed by atoms with Gasteiger partial charge in [-0.3, -0.25) is 0 Å². The van der Waals surface area contributed by atoms with Gasteiger partial charge in [-0.2, -0.15) is 12.7 Å². The van der Waals surface area contributed by atoms with Crippen LogP contribution >= 0.6 is 0 Å². The minimum Gasteiger partial charge on any atom is -0.452 e. The molecule has 1 heterocycles.